The van der Waals surface area contributed by atoms with E-state index < -0.39 is 8.32 Å². The number of hydrogen-bond donors (Lipinski definition) is 0. The van der Waals surface area contributed by atoms with E-state index in [2.05, 4.69) is 26.6 Å². The van der Waals surface area contributed by atoms with Gasteiger partial charge in [0, 0.05) is 13.2 Å². The second kappa shape index (κ2) is 9.33. The Morgan fingerprint density at radius 2 is 2.00 bits per heavy atom. The fraction of sp³-hybridized carbons (Fsp3) is 0.786. The number of unbranched alkanes of at least 4 members (excludes halogenated alkanes) is 2. The van der Waals surface area contributed by atoms with E-state index in [9.17, 15) is 4.79 Å². The molecule has 106 valence electrons. The molecule has 0 amide bonds. The quantitative estimate of drug-likeness (QED) is 0.262. The maximum atomic E-state index is 11.3. The zero-order valence-corrected chi connectivity index (χ0v) is 13.3. The van der Waals surface area contributed by atoms with Gasteiger partial charge in [0.15, 0.2) is 8.32 Å². The van der Waals surface area contributed by atoms with Crippen molar-refractivity contribution in [1.82, 2.24) is 0 Å². The van der Waals surface area contributed by atoms with Gasteiger partial charge >= 0.3 is 5.97 Å². The Labute approximate surface area is 113 Å². The molecule has 1 unspecified atom stereocenters. The van der Waals surface area contributed by atoms with Gasteiger partial charge in [0.1, 0.15) is 6.10 Å². The molecular weight excluding hydrogens is 244 g/mol. The molecule has 0 N–H and O–H groups in total. The van der Waals surface area contributed by atoms with Gasteiger partial charge in [-0.25, -0.2) is 4.79 Å². The van der Waals surface area contributed by atoms with E-state index in [1.54, 1.807) is 7.11 Å². The molecule has 0 aromatic rings. The molecule has 0 bridgehead atoms. The van der Waals surface area contributed by atoms with Gasteiger partial charge in [0.05, 0.1) is 0 Å². The highest BCUT2D eigenvalue weighted by Crippen LogP contribution is 2.19. The molecule has 0 saturated heterocycles. The summed E-state index contributed by atoms with van der Waals surface area (Å²) in [5.41, 5.74) is 0. The average molecular weight is 272 g/mol. The van der Waals surface area contributed by atoms with Crippen LogP contribution >= 0.6 is 0 Å². The molecule has 0 saturated carbocycles. The summed E-state index contributed by atoms with van der Waals surface area (Å²) in [5.74, 6) is -0.312. The highest BCUT2D eigenvalue weighted by molar-refractivity contribution is 6.71. The first-order chi connectivity index (χ1) is 8.45. The third-order valence-electron chi connectivity index (χ3n) is 3.20. The van der Waals surface area contributed by atoms with Crippen molar-refractivity contribution >= 4 is 14.3 Å². The molecule has 0 aliphatic carbocycles. The van der Waals surface area contributed by atoms with E-state index in [0.29, 0.717) is 0 Å². The summed E-state index contributed by atoms with van der Waals surface area (Å²) in [6, 6.07) is 1.02. The first-order valence-corrected chi connectivity index (χ1v) is 9.95. The molecule has 0 spiro atoms. The summed E-state index contributed by atoms with van der Waals surface area (Å²) in [5, 5.41) is 0. The maximum absolute atomic E-state index is 11.3. The van der Waals surface area contributed by atoms with Crippen LogP contribution in [0.5, 0.6) is 0 Å². The Hall–Kier alpha value is -0.613. The molecule has 4 heteroatoms. The fourth-order valence-corrected chi connectivity index (χ4v) is 2.93. The lowest BCUT2D eigenvalue weighted by Crippen LogP contribution is -2.30. The molecule has 0 heterocycles. The van der Waals surface area contributed by atoms with Crippen LogP contribution in [0.1, 0.15) is 39.0 Å². The zero-order chi connectivity index (χ0) is 14.0. The molecule has 0 aromatic carbocycles. The molecule has 18 heavy (non-hydrogen) atoms. The third-order valence-corrected chi connectivity index (χ3v) is 5.80. The SMILES string of the molecule is C=CC(=O)OC(CCCCC)CC[Si](C)(C)OC. The summed E-state index contributed by atoms with van der Waals surface area (Å²) in [6.45, 7) is 9.99. The van der Waals surface area contributed by atoms with Gasteiger partial charge < -0.3 is 9.16 Å². The first kappa shape index (κ1) is 17.4. The maximum Gasteiger partial charge on any atom is 0.330 e. The largest absolute Gasteiger partial charge is 0.459 e. The van der Waals surface area contributed by atoms with Crippen LogP contribution in [-0.2, 0) is 14.0 Å². The summed E-state index contributed by atoms with van der Waals surface area (Å²) < 4.78 is 10.9. The van der Waals surface area contributed by atoms with Crippen molar-refractivity contribution in [3.05, 3.63) is 12.7 Å². The van der Waals surface area contributed by atoms with Crippen LogP contribution in [-0.4, -0.2) is 27.5 Å². The Kier molecular flexibility index (Phi) is 9.02. The van der Waals surface area contributed by atoms with E-state index in [1.165, 1.54) is 18.9 Å². The van der Waals surface area contributed by atoms with Crippen molar-refractivity contribution in [2.75, 3.05) is 7.11 Å². The van der Waals surface area contributed by atoms with Gasteiger partial charge in [0.2, 0.25) is 0 Å². The van der Waals surface area contributed by atoms with E-state index in [4.69, 9.17) is 9.16 Å². The summed E-state index contributed by atoms with van der Waals surface area (Å²) in [7, 11) is 0.206. The Morgan fingerprint density at radius 1 is 1.33 bits per heavy atom. The van der Waals surface area contributed by atoms with Crippen LogP contribution in [0.2, 0.25) is 19.1 Å². The predicted molar refractivity (Wildman–Crippen MR) is 78.1 cm³/mol. The van der Waals surface area contributed by atoms with Crippen LogP contribution in [0.3, 0.4) is 0 Å². The summed E-state index contributed by atoms with van der Waals surface area (Å²) >= 11 is 0. The Morgan fingerprint density at radius 3 is 2.50 bits per heavy atom. The van der Waals surface area contributed by atoms with Crippen LogP contribution in [0.4, 0.5) is 0 Å². The van der Waals surface area contributed by atoms with E-state index in [-0.39, 0.29) is 12.1 Å². The lowest BCUT2D eigenvalue weighted by atomic mass is 10.1. The van der Waals surface area contributed by atoms with E-state index >= 15 is 0 Å². The number of carbonyl (C=O) groups excluding carboxylic acids is 1. The third kappa shape index (κ3) is 8.47. The molecule has 0 radical (unpaired) electrons. The molecule has 3 nitrogen and oxygen atoms in total. The minimum atomic E-state index is -1.57. The minimum absolute atomic E-state index is 0.0176. The topological polar surface area (TPSA) is 35.5 Å². The van der Waals surface area contributed by atoms with E-state index in [1.807, 2.05) is 0 Å². The summed E-state index contributed by atoms with van der Waals surface area (Å²) in [4.78, 5) is 11.3. The number of esters is 1. The lowest BCUT2D eigenvalue weighted by Gasteiger charge is -2.23. The Balaban J connectivity index is 4.19. The fourth-order valence-electron chi connectivity index (χ4n) is 1.71. The normalized spacial score (nSPS) is 13.1. The highest BCUT2D eigenvalue weighted by atomic mass is 28.4. The minimum Gasteiger partial charge on any atom is -0.459 e. The second-order valence-electron chi connectivity index (χ2n) is 5.26. The first-order valence-electron chi connectivity index (χ1n) is 6.83. The standard InChI is InChI=1S/C14H28O3Si/c1-6-8-9-10-13(17-14(15)7-2)11-12-18(4,5)16-3/h7,13H,2,6,8-12H2,1,3-5H3. The van der Waals surface area contributed by atoms with Crippen molar-refractivity contribution in [1.29, 1.82) is 0 Å². The van der Waals surface area contributed by atoms with Crippen molar-refractivity contribution < 1.29 is 14.0 Å². The number of ether oxygens (including phenoxy) is 1. The van der Waals surface area contributed by atoms with E-state index in [0.717, 1.165) is 25.3 Å². The predicted octanol–water partition coefficient (Wildman–Crippen LogP) is 3.91. The molecule has 0 aliphatic rings. The molecule has 0 rings (SSSR count). The van der Waals surface area contributed by atoms with Crippen molar-refractivity contribution in [3.8, 4) is 0 Å². The number of hydrogen-bond acceptors (Lipinski definition) is 3. The van der Waals surface area contributed by atoms with Crippen LogP contribution < -0.4 is 0 Å². The van der Waals surface area contributed by atoms with Gasteiger partial charge in [-0.05, 0) is 38.4 Å². The van der Waals surface area contributed by atoms with Gasteiger partial charge in [-0.1, -0.05) is 26.3 Å². The van der Waals surface area contributed by atoms with Crippen LogP contribution in [0, 0.1) is 0 Å². The number of rotatable bonds is 10. The van der Waals surface area contributed by atoms with Crippen LogP contribution in [0.25, 0.3) is 0 Å². The zero-order valence-electron chi connectivity index (χ0n) is 12.3. The average Bonchev–Trinajstić information content (AvgIpc) is 2.35. The molecule has 1 atom stereocenters. The molecule has 0 aromatic heterocycles. The smallest absolute Gasteiger partial charge is 0.330 e. The highest BCUT2D eigenvalue weighted by Gasteiger charge is 2.23. The van der Waals surface area contributed by atoms with Crippen molar-refractivity contribution in [2.45, 2.75) is 64.3 Å². The van der Waals surface area contributed by atoms with Crippen molar-refractivity contribution in [2.24, 2.45) is 0 Å². The Bertz CT molecular complexity index is 251. The number of carbonyl (C=O) groups is 1. The molecular formula is C14H28O3Si. The summed E-state index contributed by atoms with van der Waals surface area (Å²) in [6.07, 6.45) is 6.58. The van der Waals surface area contributed by atoms with Gasteiger partial charge in [-0.15, -0.1) is 0 Å². The lowest BCUT2D eigenvalue weighted by molar-refractivity contribution is -0.143. The van der Waals surface area contributed by atoms with Gasteiger partial charge in [-0.2, -0.15) is 0 Å². The van der Waals surface area contributed by atoms with Gasteiger partial charge in [-0.3, -0.25) is 0 Å². The van der Waals surface area contributed by atoms with Crippen LogP contribution in [0.15, 0.2) is 12.7 Å². The monoisotopic (exact) mass is 272 g/mol. The second-order valence-corrected chi connectivity index (χ2v) is 9.69. The molecule has 0 fully saturated rings. The molecule has 0 aliphatic heterocycles. The van der Waals surface area contributed by atoms with Gasteiger partial charge in [0.25, 0.3) is 0 Å². The van der Waals surface area contributed by atoms with Crippen molar-refractivity contribution in [3.63, 3.8) is 0 Å².